The zero-order chi connectivity index (χ0) is 13.8. The van der Waals surface area contributed by atoms with E-state index in [0.717, 1.165) is 12.1 Å². The van der Waals surface area contributed by atoms with E-state index in [0.29, 0.717) is 5.56 Å². The Morgan fingerprint density at radius 1 is 1.39 bits per heavy atom. The van der Waals surface area contributed by atoms with Crippen molar-refractivity contribution in [3.05, 3.63) is 23.8 Å². The van der Waals surface area contributed by atoms with Gasteiger partial charge in [-0.25, -0.2) is 0 Å². The molecule has 0 atom stereocenters. The van der Waals surface area contributed by atoms with Crippen molar-refractivity contribution in [1.29, 1.82) is 0 Å². The van der Waals surface area contributed by atoms with Gasteiger partial charge >= 0.3 is 12.3 Å². The largest absolute Gasteiger partial charge is 0.573 e. The molecule has 0 unspecified atom stereocenters. The molecule has 0 bridgehead atoms. The third-order valence-corrected chi connectivity index (χ3v) is 2.35. The fourth-order valence-corrected chi connectivity index (χ4v) is 1.54. The maximum absolute atomic E-state index is 12.0. The molecule has 0 saturated carbocycles. The minimum atomic E-state index is -4.75. The Labute approximate surface area is 107 Å². The lowest BCUT2D eigenvalue weighted by molar-refractivity contribution is -0.274. The van der Waals surface area contributed by atoms with Gasteiger partial charge in [-0.15, -0.1) is 25.8 Å². The van der Waals surface area contributed by atoms with Gasteiger partial charge in [0.05, 0.1) is 13.0 Å². The van der Waals surface area contributed by atoms with Gasteiger partial charge in [-0.3, -0.25) is 4.79 Å². The molecule has 0 aromatic heterocycles. The second-order valence-electron chi connectivity index (χ2n) is 3.32. The molecular weight excluding hydrogens is 269 g/mol. The van der Waals surface area contributed by atoms with Crippen LogP contribution >= 0.6 is 12.6 Å². The molecule has 0 aliphatic heterocycles. The highest BCUT2D eigenvalue weighted by Gasteiger charge is 2.31. The van der Waals surface area contributed by atoms with E-state index < -0.39 is 12.3 Å². The lowest BCUT2D eigenvalue weighted by atomic mass is 10.1. The van der Waals surface area contributed by atoms with E-state index in [2.05, 4.69) is 17.4 Å². The van der Waals surface area contributed by atoms with Crippen LogP contribution in [0.3, 0.4) is 0 Å². The normalized spacial score (nSPS) is 11.2. The van der Waals surface area contributed by atoms with Crippen LogP contribution in [0.5, 0.6) is 5.75 Å². The van der Waals surface area contributed by atoms with Crippen molar-refractivity contribution < 1.29 is 27.4 Å². The third kappa shape index (κ3) is 4.87. The summed E-state index contributed by atoms with van der Waals surface area (Å²) in [4.78, 5) is 11.5. The van der Waals surface area contributed by atoms with Gasteiger partial charge in [0, 0.05) is 4.90 Å². The van der Waals surface area contributed by atoms with Crippen LogP contribution in [0.25, 0.3) is 0 Å². The monoisotopic (exact) mass is 280 g/mol. The average Bonchev–Trinajstić information content (AvgIpc) is 2.20. The molecule has 3 nitrogen and oxygen atoms in total. The fraction of sp³-hybridized carbons (Fsp3) is 0.364. The summed E-state index contributed by atoms with van der Waals surface area (Å²) >= 11 is 4.00. The number of ether oxygens (including phenoxy) is 2. The Morgan fingerprint density at radius 3 is 2.56 bits per heavy atom. The molecule has 18 heavy (non-hydrogen) atoms. The highest BCUT2D eigenvalue weighted by molar-refractivity contribution is 7.80. The standard InChI is InChI=1S/C11H11F3O3S/c1-2-16-10(15)5-7-3-4-8(6-9(7)18)17-11(12,13)14/h3-4,6,18H,2,5H2,1H3. The Balaban J connectivity index is 2.77. The van der Waals surface area contributed by atoms with Gasteiger partial charge < -0.3 is 9.47 Å². The first-order valence-electron chi connectivity index (χ1n) is 5.05. The first kappa shape index (κ1) is 14.7. The molecule has 100 valence electrons. The molecule has 1 rings (SSSR count). The van der Waals surface area contributed by atoms with E-state index in [1.54, 1.807) is 6.92 Å². The number of hydrogen-bond donors (Lipinski definition) is 1. The molecule has 0 aliphatic carbocycles. The van der Waals surface area contributed by atoms with Crippen LogP contribution in [0.1, 0.15) is 12.5 Å². The predicted octanol–water partition coefficient (Wildman–Crippen LogP) is 2.98. The van der Waals surface area contributed by atoms with Gasteiger partial charge in [0.25, 0.3) is 0 Å². The zero-order valence-corrected chi connectivity index (χ0v) is 10.3. The van der Waals surface area contributed by atoms with Crippen LogP contribution in [-0.4, -0.2) is 18.9 Å². The summed E-state index contributed by atoms with van der Waals surface area (Å²) in [5.74, 6) is -0.836. The Morgan fingerprint density at radius 2 is 2.06 bits per heavy atom. The van der Waals surface area contributed by atoms with Crippen molar-refractivity contribution in [2.45, 2.75) is 24.6 Å². The number of carbonyl (C=O) groups excluding carboxylic acids is 1. The number of alkyl halides is 3. The van der Waals surface area contributed by atoms with Gasteiger partial charge in [0.1, 0.15) is 5.75 Å². The minimum Gasteiger partial charge on any atom is -0.466 e. The zero-order valence-electron chi connectivity index (χ0n) is 9.45. The van der Waals surface area contributed by atoms with E-state index in [-0.39, 0.29) is 23.7 Å². The lowest BCUT2D eigenvalue weighted by Crippen LogP contribution is -2.17. The summed E-state index contributed by atoms with van der Waals surface area (Å²) < 4.78 is 44.3. The van der Waals surface area contributed by atoms with Crippen molar-refractivity contribution in [3.63, 3.8) is 0 Å². The van der Waals surface area contributed by atoms with Gasteiger partial charge in [-0.05, 0) is 24.6 Å². The minimum absolute atomic E-state index is 0.0427. The highest BCUT2D eigenvalue weighted by atomic mass is 32.1. The summed E-state index contributed by atoms with van der Waals surface area (Å²) in [5.41, 5.74) is 0.478. The number of rotatable bonds is 4. The van der Waals surface area contributed by atoms with Crippen molar-refractivity contribution in [3.8, 4) is 5.75 Å². The fourth-order valence-electron chi connectivity index (χ4n) is 1.26. The third-order valence-electron chi connectivity index (χ3n) is 1.93. The van der Waals surface area contributed by atoms with Crippen LogP contribution in [-0.2, 0) is 16.0 Å². The smallest absolute Gasteiger partial charge is 0.466 e. The molecule has 0 amide bonds. The molecule has 1 aromatic rings. The van der Waals surface area contributed by atoms with Crippen LogP contribution in [0.4, 0.5) is 13.2 Å². The van der Waals surface area contributed by atoms with Gasteiger partial charge in [-0.1, -0.05) is 6.07 Å². The quantitative estimate of drug-likeness (QED) is 0.680. The molecule has 1 aromatic carbocycles. The molecular formula is C11H11F3O3S. The second-order valence-corrected chi connectivity index (χ2v) is 3.80. The molecule has 0 saturated heterocycles. The summed E-state index contributed by atoms with van der Waals surface area (Å²) in [5, 5.41) is 0. The van der Waals surface area contributed by atoms with Gasteiger partial charge in [0.15, 0.2) is 0 Å². The first-order chi connectivity index (χ1) is 8.31. The van der Waals surface area contributed by atoms with Crippen LogP contribution in [0, 0.1) is 0 Å². The summed E-state index contributed by atoms with van der Waals surface area (Å²) in [6, 6.07) is 3.58. The van der Waals surface area contributed by atoms with Crippen molar-refractivity contribution in [2.24, 2.45) is 0 Å². The van der Waals surface area contributed by atoms with E-state index in [9.17, 15) is 18.0 Å². The molecule has 0 aliphatic rings. The molecule has 0 N–H and O–H groups in total. The van der Waals surface area contributed by atoms with Gasteiger partial charge in [-0.2, -0.15) is 0 Å². The molecule has 0 spiro atoms. The summed E-state index contributed by atoms with van der Waals surface area (Å²) in [7, 11) is 0. The molecule has 7 heteroatoms. The molecule has 0 fully saturated rings. The van der Waals surface area contributed by atoms with Crippen molar-refractivity contribution in [2.75, 3.05) is 6.61 Å². The van der Waals surface area contributed by atoms with Gasteiger partial charge in [0.2, 0.25) is 0 Å². The number of esters is 1. The van der Waals surface area contributed by atoms with Crippen LogP contribution < -0.4 is 4.74 Å². The molecule has 0 radical (unpaired) electrons. The van der Waals surface area contributed by atoms with E-state index in [4.69, 9.17) is 4.74 Å². The first-order valence-corrected chi connectivity index (χ1v) is 5.50. The SMILES string of the molecule is CCOC(=O)Cc1ccc(OC(F)(F)F)cc1S. The average molecular weight is 280 g/mol. The van der Waals surface area contributed by atoms with Crippen LogP contribution in [0.15, 0.2) is 23.1 Å². The topological polar surface area (TPSA) is 35.5 Å². The number of halogens is 3. The number of hydrogen-bond acceptors (Lipinski definition) is 4. The predicted molar refractivity (Wildman–Crippen MR) is 60.7 cm³/mol. The Hall–Kier alpha value is -1.37. The molecule has 0 heterocycles. The maximum Gasteiger partial charge on any atom is 0.573 e. The highest BCUT2D eigenvalue weighted by Crippen LogP contribution is 2.27. The van der Waals surface area contributed by atoms with Crippen molar-refractivity contribution in [1.82, 2.24) is 0 Å². The van der Waals surface area contributed by atoms with E-state index in [1.165, 1.54) is 6.07 Å². The maximum atomic E-state index is 12.0. The van der Waals surface area contributed by atoms with E-state index in [1.807, 2.05) is 0 Å². The summed E-state index contributed by atoms with van der Waals surface area (Å²) in [6.45, 7) is 1.91. The number of benzene rings is 1. The van der Waals surface area contributed by atoms with Crippen molar-refractivity contribution >= 4 is 18.6 Å². The number of thiol groups is 1. The lowest BCUT2D eigenvalue weighted by Gasteiger charge is -2.11. The van der Waals surface area contributed by atoms with Crippen LogP contribution in [0.2, 0.25) is 0 Å². The Kier molecular flexibility index (Phi) is 4.89. The van der Waals surface area contributed by atoms with E-state index >= 15 is 0 Å². The summed E-state index contributed by atoms with van der Waals surface area (Å²) in [6.07, 6.45) is -4.79. The number of carbonyl (C=O) groups is 1. The second kappa shape index (κ2) is 5.99. The Bertz CT molecular complexity index is 432.